The van der Waals surface area contributed by atoms with Gasteiger partial charge in [-0.25, -0.2) is 0 Å². The summed E-state index contributed by atoms with van der Waals surface area (Å²) in [5.74, 6) is -0.246. The maximum absolute atomic E-state index is 11.3. The fourth-order valence-electron chi connectivity index (χ4n) is 1.73. The summed E-state index contributed by atoms with van der Waals surface area (Å²) in [6.45, 7) is 3.84. The molecule has 0 aliphatic carbocycles. The van der Waals surface area contributed by atoms with Crippen molar-refractivity contribution in [2.75, 3.05) is 26.9 Å². The molecule has 0 aliphatic heterocycles. The number of nitrogens with one attached hydrogen (secondary N) is 1. The molecule has 0 amide bonds. The molecule has 1 rings (SSSR count). The SMILES string of the molecule is CCOCCCNC(C(=O)O)c1cccc(OC)c1. The lowest BCUT2D eigenvalue weighted by Crippen LogP contribution is -2.29. The van der Waals surface area contributed by atoms with Gasteiger partial charge >= 0.3 is 5.97 Å². The van der Waals surface area contributed by atoms with Gasteiger partial charge in [-0.1, -0.05) is 12.1 Å². The van der Waals surface area contributed by atoms with Crippen LogP contribution in [-0.4, -0.2) is 37.9 Å². The molecule has 0 aromatic heterocycles. The van der Waals surface area contributed by atoms with E-state index in [1.165, 1.54) is 0 Å². The van der Waals surface area contributed by atoms with Crippen molar-refractivity contribution >= 4 is 5.97 Å². The van der Waals surface area contributed by atoms with E-state index in [9.17, 15) is 9.90 Å². The molecule has 0 bridgehead atoms. The van der Waals surface area contributed by atoms with E-state index in [4.69, 9.17) is 9.47 Å². The monoisotopic (exact) mass is 267 g/mol. The third-order valence-corrected chi connectivity index (χ3v) is 2.69. The van der Waals surface area contributed by atoms with Gasteiger partial charge in [-0.2, -0.15) is 0 Å². The number of aliphatic carboxylic acids is 1. The van der Waals surface area contributed by atoms with E-state index in [2.05, 4.69) is 5.32 Å². The van der Waals surface area contributed by atoms with Gasteiger partial charge in [0.25, 0.3) is 0 Å². The highest BCUT2D eigenvalue weighted by molar-refractivity contribution is 5.75. The topological polar surface area (TPSA) is 67.8 Å². The van der Waals surface area contributed by atoms with E-state index in [1.807, 2.05) is 6.92 Å². The van der Waals surface area contributed by atoms with Crippen LogP contribution in [0.4, 0.5) is 0 Å². The Kier molecular flexibility index (Phi) is 6.92. The highest BCUT2D eigenvalue weighted by Gasteiger charge is 2.19. The summed E-state index contributed by atoms with van der Waals surface area (Å²) >= 11 is 0. The third kappa shape index (κ3) is 5.28. The second-order valence-corrected chi connectivity index (χ2v) is 4.05. The molecular weight excluding hydrogens is 246 g/mol. The van der Waals surface area contributed by atoms with Gasteiger partial charge in [0.05, 0.1) is 7.11 Å². The summed E-state index contributed by atoms with van der Waals surface area (Å²) in [5, 5.41) is 12.3. The van der Waals surface area contributed by atoms with Crippen LogP contribution in [0, 0.1) is 0 Å². The largest absolute Gasteiger partial charge is 0.497 e. The first-order valence-electron chi connectivity index (χ1n) is 6.37. The summed E-state index contributed by atoms with van der Waals surface area (Å²) in [6, 6.07) is 6.35. The number of carbonyl (C=O) groups is 1. The van der Waals surface area contributed by atoms with Crippen LogP contribution in [0.1, 0.15) is 24.9 Å². The van der Waals surface area contributed by atoms with Crippen molar-refractivity contribution in [3.8, 4) is 5.75 Å². The first-order valence-corrected chi connectivity index (χ1v) is 6.37. The lowest BCUT2D eigenvalue weighted by Gasteiger charge is -2.15. The van der Waals surface area contributed by atoms with Crippen molar-refractivity contribution in [3.63, 3.8) is 0 Å². The van der Waals surface area contributed by atoms with Crippen molar-refractivity contribution in [2.24, 2.45) is 0 Å². The second kappa shape index (κ2) is 8.50. The second-order valence-electron chi connectivity index (χ2n) is 4.05. The predicted molar refractivity (Wildman–Crippen MR) is 72.5 cm³/mol. The van der Waals surface area contributed by atoms with Gasteiger partial charge in [0.2, 0.25) is 0 Å². The van der Waals surface area contributed by atoms with Gasteiger partial charge in [-0.05, 0) is 37.6 Å². The smallest absolute Gasteiger partial charge is 0.325 e. The lowest BCUT2D eigenvalue weighted by molar-refractivity contribution is -0.139. The number of carboxylic acid groups (broad SMARTS) is 1. The Morgan fingerprint density at radius 3 is 2.89 bits per heavy atom. The molecule has 1 unspecified atom stereocenters. The molecule has 0 saturated heterocycles. The average molecular weight is 267 g/mol. The van der Waals surface area contributed by atoms with Crippen LogP contribution < -0.4 is 10.1 Å². The fourth-order valence-corrected chi connectivity index (χ4v) is 1.73. The maximum atomic E-state index is 11.3. The molecule has 2 N–H and O–H groups in total. The van der Waals surface area contributed by atoms with E-state index in [0.29, 0.717) is 31.1 Å². The first-order chi connectivity index (χ1) is 9.19. The van der Waals surface area contributed by atoms with Crippen LogP contribution in [0.2, 0.25) is 0 Å². The van der Waals surface area contributed by atoms with Gasteiger partial charge in [0.1, 0.15) is 11.8 Å². The average Bonchev–Trinajstić information content (AvgIpc) is 2.42. The van der Waals surface area contributed by atoms with E-state index in [0.717, 1.165) is 6.42 Å². The Morgan fingerprint density at radius 1 is 1.47 bits per heavy atom. The van der Waals surface area contributed by atoms with Crippen LogP contribution in [-0.2, 0) is 9.53 Å². The number of carboxylic acids is 1. The Bertz CT molecular complexity index is 395. The van der Waals surface area contributed by atoms with Crippen molar-refractivity contribution in [3.05, 3.63) is 29.8 Å². The minimum absolute atomic E-state index is 0.591. The van der Waals surface area contributed by atoms with Gasteiger partial charge in [0, 0.05) is 13.2 Å². The molecule has 1 atom stereocenters. The van der Waals surface area contributed by atoms with Crippen molar-refractivity contribution < 1.29 is 19.4 Å². The fraction of sp³-hybridized carbons (Fsp3) is 0.500. The van der Waals surface area contributed by atoms with E-state index in [1.54, 1.807) is 31.4 Å². The molecule has 0 spiro atoms. The van der Waals surface area contributed by atoms with E-state index >= 15 is 0 Å². The number of hydrogen-bond acceptors (Lipinski definition) is 4. The zero-order chi connectivity index (χ0) is 14.1. The number of benzene rings is 1. The standard InChI is InChI=1S/C14H21NO4/c1-3-19-9-5-8-15-13(14(16)17)11-6-4-7-12(10-11)18-2/h4,6-7,10,13,15H,3,5,8-9H2,1-2H3,(H,16,17). The van der Waals surface area contributed by atoms with Crippen molar-refractivity contribution in [1.82, 2.24) is 5.32 Å². The normalized spacial score (nSPS) is 12.1. The Balaban J connectivity index is 2.58. The predicted octanol–water partition coefficient (Wildman–Crippen LogP) is 1.84. The zero-order valence-electron chi connectivity index (χ0n) is 11.4. The zero-order valence-corrected chi connectivity index (χ0v) is 11.4. The van der Waals surface area contributed by atoms with Crippen molar-refractivity contribution in [1.29, 1.82) is 0 Å². The molecule has 0 heterocycles. The molecule has 1 aromatic rings. The number of methoxy groups -OCH3 is 1. The molecule has 5 heteroatoms. The molecule has 106 valence electrons. The number of rotatable bonds is 9. The van der Waals surface area contributed by atoms with Crippen LogP contribution in [0.5, 0.6) is 5.75 Å². The van der Waals surface area contributed by atoms with Crippen LogP contribution in [0.15, 0.2) is 24.3 Å². The van der Waals surface area contributed by atoms with E-state index in [-0.39, 0.29) is 0 Å². The number of ether oxygens (including phenoxy) is 2. The lowest BCUT2D eigenvalue weighted by atomic mass is 10.1. The number of hydrogen-bond donors (Lipinski definition) is 2. The molecular formula is C14H21NO4. The third-order valence-electron chi connectivity index (χ3n) is 2.69. The molecule has 1 aromatic carbocycles. The quantitative estimate of drug-likeness (QED) is 0.668. The van der Waals surface area contributed by atoms with Crippen LogP contribution in [0.3, 0.4) is 0 Å². The molecule has 5 nitrogen and oxygen atoms in total. The summed E-state index contributed by atoms with van der Waals surface area (Å²) in [6.07, 6.45) is 0.779. The Labute approximate surface area is 113 Å². The molecule has 0 saturated carbocycles. The van der Waals surface area contributed by atoms with Crippen LogP contribution >= 0.6 is 0 Å². The minimum atomic E-state index is -0.898. The summed E-state index contributed by atoms with van der Waals surface area (Å²) in [7, 11) is 1.56. The highest BCUT2D eigenvalue weighted by atomic mass is 16.5. The molecule has 19 heavy (non-hydrogen) atoms. The molecule has 0 fully saturated rings. The summed E-state index contributed by atoms with van der Waals surface area (Å²) in [4.78, 5) is 11.3. The first kappa shape index (κ1) is 15.5. The summed E-state index contributed by atoms with van der Waals surface area (Å²) < 4.78 is 10.3. The van der Waals surface area contributed by atoms with Crippen LogP contribution in [0.25, 0.3) is 0 Å². The molecule has 0 radical (unpaired) electrons. The maximum Gasteiger partial charge on any atom is 0.325 e. The van der Waals surface area contributed by atoms with Crippen molar-refractivity contribution in [2.45, 2.75) is 19.4 Å². The summed E-state index contributed by atoms with van der Waals surface area (Å²) in [5.41, 5.74) is 0.684. The molecule has 0 aliphatic rings. The Morgan fingerprint density at radius 2 is 2.26 bits per heavy atom. The van der Waals surface area contributed by atoms with Gasteiger partial charge in [-0.3, -0.25) is 4.79 Å². The van der Waals surface area contributed by atoms with Gasteiger partial charge in [0.15, 0.2) is 0 Å². The highest BCUT2D eigenvalue weighted by Crippen LogP contribution is 2.19. The van der Waals surface area contributed by atoms with Gasteiger partial charge in [-0.15, -0.1) is 0 Å². The Hall–Kier alpha value is -1.59. The van der Waals surface area contributed by atoms with E-state index < -0.39 is 12.0 Å². The van der Waals surface area contributed by atoms with Gasteiger partial charge < -0.3 is 19.9 Å². The minimum Gasteiger partial charge on any atom is -0.497 e.